The van der Waals surface area contributed by atoms with E-state index in [1.807, 2.05) is 0 Å². The molecule has 0 aliphatic rings. The van der Waals surface area contributed by atoms with Crippen LogP contribution in [0.3, 0.4) is 0 Å². The van der Waals surface area contributed by atoms with E-state index in [0.29, 0.717) is 23.4 Å². The van der Waals surface area contributed by atoms with Gasteiger partial charge in [0, 0.05) is 17.7 Å². The largest absolute Gasteiger partial charge is 0.482 e. The molecule has 0 saturated carbocycles. The van der Waals surface area contributed by atoms with Gasteiger partial charge in [-0.05, 0) is 38.1 Å². The maximum Gasteiger partial charge on any atom is 0.345 e. The molecule has 0 unspecified atom stereocenters. The molecule has 2 N–H and O–H groups in total. The van der Waals surface area contributed by atoms with Crippen LogP contribution in [0.2, 0.25) is 0 Å². The first-order valence-electron chi connectivity index (χ1n) is 8.97. The maximum absolute atomic E-state index is 12.4. The van der Waals surface area contributed by atoms with Crippen molar-refractivity contribution in [2.75, 3.05) is 13.2 Å². The van der Waals surface area contributed by atoms with Crippen molar-refractivity contribution in [1.82, 2.24) is 10.6 Å². The minimum Gasteiger partial charge on any atom is -0.482 e. The average molecular weight is 398 g/mol. The van der Waals surface area contributed by atoms with Crippen LogP contribution >= 0.6 is 0 Å². The summed E-state index contributed by atoms with van der Waals surface area (Å²) in [6.07, 6.45) is -1.31. The summed E-state index contributed by atoms with van der Waals surface area (Å²) in [6.45, 7) is 3.05. The van der Waals surface area contributed by atoms with E-state index in [1.165, 1.54) is 6.92 Å². The Hall–Kier alpha value is -3.68. The van der Waals surface area contributed by atoms with Crippen LogP contribution < -0.4 is 15.4 Å². The molecular weight excluding hydrogens is 376 g/mol. The molecule has 29 heavy (non-hydrogen) atoms. The Morgan fingerprint density at radius 3 is 2.21 bits per heavy atom. The van der Waals surface area contributed by atoms with Crippen molar-refractivity contribution in [2.24, 2.45) is 0 Å². The summed E-state index contributed by atoms with van der Waals surface area (Å²) in [5.41, 5.74) is 0.930. The summed E-state index contributed by atoms with van der Waals surface area (Å²) in [5.74, 6) is -1.28. The van der Waals surface area contributed by atoms with Crippen LogP contribution in [-0.4, -0.2) is 36.8 Å². The summed E-state index contributed by atoms with van der Waals surface area (Å²) in [6, 6.07) is 13.9. The van der Waals surface area contributed by atoms with Gasteiger partial charge >= 0.3 is 12.0 Å². The van der Waals surface area contributed by atoms with Crippen molar-refractivity contribution < 1.29 is 28.7 Å². The van der Waals surface area contributed by atoms with Crippen molar-refractivity contribution >= 4 is 23.7 Å². The molecule has 8 nitrogen and oxygen atoms in total. The summed E-state index contributed by atoms with van der Waals surface area (Å²) in [4.78, 5) is 47.5. The Balaban J connectivity index is 2.01. The smallest absolute Gasteiger partial charge is 0.345 e. The number of urea groups is 1. The Morgan fingerprint density at radius 2 is 1.62 bits per heavy atom. The van der Waals surface area contributed by atoms with Gasteiger partial charge in [0.15, 0.2) is 12.4 Å². The summed E-state index contributed by atoms with van der Waals surface area (Å²) in [5, 5.41) is 4.57. The minimum absolute atomic E-state index is 0.0835. The molecule has 0 radical (unpaired) electrons. The Kier molecular flexibility index (Phi) is 7.90. The number of hydrogen-bond acceptors (Lipinski definition) is 6. The van der Waals surface area contributed by atoms with E-state index in [0.717, 1.165) is 0 Å². The number of Topliss-reactive ketones (excluding diaryl/α,β-unsaturated/α-hetero) is 1. The van der Waals surface area contributed by atoms with Crippen LogP contribution in [0.4, 0.5) is 4.79 Å². The minimum atomic E-state index is -1.31. The van der Waals surface area contributed by atoms with E-state index in [2.05, 4.69) is 10.6 Å². The predicted molar refractivity (Wildman–Crippen MR) is 104 cm³/mol. The molecule has 2 rings (SSSR count). The number of imide groups is 1. The fraction of sp³-hybridized carbons (Fsp3) is 0.238. The van der Waals surface area contributed by atoms with Gasteiger partial charge in [0.2, 0.25) is 6.10 Å². The number of esters is 1. The molecule has 2 aromatic carbocycles. The van der Waals surface area contributed by atoms with E-state index in [-0.39, 0.29) is 5.78 Å². The lowest BCUT2D eigenvalue weighted by molar-refractivity contribution is -0.158. The summed E-state index contributed by atoms with van der Waals surface area (Å²) >= 11 is 0. The van der Waals surface area contributed by atoms with Crippen LogP contribution in [0.1, 0.15) is 35.9 Å². The van der Waals surface area contributed by atoms with Gasteiger partial charge in [0.1, 0.15) is 5.75 Å². The SMILES string of the molecule is CCNC(=O)NC(=O)[C@H](OC(=O)COc1ccc(C(C)=O)cc1)c1ccccc1. The number of carbonyl (C=O) groups excluding carboxylic acids is 4. The number of nitrogens with one attached hydrogen (secondary N) is 2. The van der Waals surface area contributed by atoms with Gasteiger partial charge in [-0.15, -0.1) is 0 Å². The zero-order valence-corrected chi connectivity index (χ0v) is 16.1. The second kappa shape index (κ2) is 10.6. The molecule has 152 valence electrons. The molecule has 8 heteroatoms. The molecule has 0 saturated heterocycles. The highest BCUT2D eigenvalue weighted by Crippen LogP contribution is 2.18. The number of hydrogen-bond donors (Lipinski definition) is 2. The van der Waals surface area contributed by atoms with Gasteiger partial charge in [-0.25, -0.2) is 9.59 Å². The van der Waals surface area contributed by atoms with Gasteiger partial charge in [0.05, 0.1) is 0 Å². The molecule has 1 atom stereocenters. The van der Waals surface area contributed by atoms with Gasteiger partial charge in [-0.1, -0.05) is 30.3 Å². The quantitative estimate of drug-likeness (QED) is 0.522. The van der Waals surface area contributed by atoms with Gasteiger partial charge in [-0.3, -0.25) is 14.9 Å². The lowest BCUT2D eigenvalue weighted by atomic mass is 10.1. The predicted octanol–water partition coefficient (Wildman–Crippen LogP) is 2.40. The van der Waals surface area contributed by atoms with E-state index >= 15 is 0 Å². The Morgan fingerprint density at radius 1 is 0.966 bits per heavy atom. The van der Waals surface area contributed by atoms with Crippen LogP contribution in [0, 0.1) is 0 Å². The normalized spacial score (nSPS) is 11.1. The van der Waals surface area contributed by atoms with Crippen molar-refractivity contribution in [1.29, 1.82) is 0 Å². The van der Waals surface area contributed by atoms with E-state index in [9.17, 15) is 19.2 Å². The van der Waals surface area contributed by atoms with Crippen LogP contribution in [0.25, 0.3) is 0 Å². The number of benzene rings is 2. The number of carbonyl (C=O) groups is 4. The molecule has 3 amide bonds. The van der Waals surface area contributed by atoms with Crippen molar-refractivity contribution in [3.63, 3.8) is 0 Å². The monoisotopic (exact) mass is 398 g/mol. The highest BCUT2D eigenvalue weighted by molar-refractivity contribution is 5.97. The van der Waals surface area contributed by atoms with Crippen LogP contribution in [-0.2, 0) is 14.3 Å². The average Bonchev–Trinajstić information content (AvgIpc) is 2.71. The zero-order chi connectivity index (χ0) is 21.2. The lowest BCUT2D eigenvalue weighted by Crippen LogP contribution is -2.42. The van der Waals surface area contributed by atoms with Gasteiger partial charge in [0.25, 0.3) is 5.91 Å². The summed E-state index contributed by atoms with van der Waals surface area (Å²) in [7, 11) is 0. The third kappa shape index (κ3) is 6.76. The molecule has 0 aliphatic heterocycles. The van der Waals surface area contributed by atoms with Crippen molar-refractivity contribution in [2.45, 2.75) is 20.0 Å². The molecular formula is C21H22N2O6. The van der Waals surface area contributed by atoms with Gasteiger partial charge in [-0.2, -0.15) is 0 Å². The molecule has 0 fully saturated rings. The highest BCUT2D eigenvalue weighted by atomic mass is 16.6. The van der Waals surface area contributed by atoms with Crippen LogP contribution in [0.15, 0.2) is 54.6 Å². The van der Waals surface area contributed by atoms with Crippen molar-refractivity contribution in [3.8, 4) is 5.75 Å². The van der Waals surface area contributed by atoms with E-state index in [1.54, 1.807) is 61.5 Å². The third-order valence-electron chi connectivity index (χ3n) is 3.78. The molecule has 0 aliphatic carbocycles. The Labute approximate surface area is 168 Å². The second-order valence-electron chi connectivity index (χ2n) is 6.00. The van der Waals surface area contributed by atoms with E-state index < -0.39 is 30.6 Å². The highest BCUT2D eigenvalue weighted by Gasteiger charge is 2.26. The fourth-order valence-electron chi connectivity index (χ4n) is 2.38. The van der Waals surface area contributed by atoms with E-state index in [4.69, 9.17) is 9.47 Å². The maximum atomic E-state index is 12.4. The second-order valence-corrected chi connectivity index (χ2v) is 6.00. The topological polar surface area (TPSA) is 111 Å². The molecule has 0 heterocycles. The molecule has 0 aromatic heterocycles. The standard InChI is InChI=1S/C21H22N2O6/c1-3-22-21(27)23-20(26)19(16-7-5-4-6-8-16)29-18(25)13-28-17-11-9-15(10-12-17)14(2)24/h4-12,19H,3,13H2,1-2H3,(H2,22,23,26,27)/t19-/m1/s1. The first-order valence-corrected chi connectivity index (χ1v) is 8.97. The fourth-order valence-corrected chi connectivity index (χ4v) is 2.38. The zero-order valence-electron chi connectivity index (χ0n) is 16.1. The molecule has 0 bridgehead atoms. The number of ether oxygens (including phenoxy) is 2. The van der Waals surface area contributed by atoms with Gasteiger partial charge < -0.3 is 14.8 Å². The molecule has 2 aromatic rings. The number of rotatable bonds is 8. The number of amides is 3. The lowest BCUT2D eigenvalue weighted by Gasteiger charge is -2.18. The number of ketones is 1. The summed E-state index contributed by atoms with van der Waals surface area (Å²) < 4.78 is 10.6. The van der Waals surface area contributed by atoms with Crippen LogP contribution in [0.5, 0.6) is 5.75 Å². The third-order valence-corrected chi connectivity index (χ3v) is 3.78. The molecule has 0 spiro atoms. The van der Waals surface area contributed by atoms with Crippen molar-refractivity contribution in [3.05, 3.63) is 65.7 Å². The first kappa shape index (κ1) is 21.6. The first-order chi connectivity index (χ1) is 13.9. The Bertz CT molecular complexity index is 864.